The van der Waals surface area contributed by atoms with E-state index in [1.807, 2.05) is 6.07 Å². The van der Waals surface area contributed by atoms with Crippen LogP contribution < -0.4 is 15.4 Å². The Balaban J connectivity index is 1.73. The van der Waals surface area contributed by atoms with Crippen molar-refractivity contribution in [1.29, 1.82) is 5.26 Å². The van der Waals surface area contributed by atoms with Gasteiger partial charge in [-0.1, -0.05) is 32.3 Å². The maximum absolute atomic E-state index is 13.5. The van der Waals surface area contributed by atoms with E-state index in [1.165, 1.54) is 12.5 Å². The van der Waals surface area contributed by atoms with Crippen LogP contribution in [0.1, 0.15) is 43.7 Å². The molecule has 6 nitrogen and oxygen atoms in total. The van der Waals surface area contributed by atoms with Gasteiger partial charge in [0.1, 0.15) is 17.1 Å². The number of nitrogens with zero attached hydrogens (tertiary/aromatic N) is 3. The SMILES string of the molecule is CCCCCCOc1ccc(Nc2ncc(C(F)(F)F)c(Nc3cccc(C#N)c3)n2)cc1. The van der Waals surface area contributed by atoms with Gasteiger partial charge in [0.25, 0.3) is 0 Å². The number of halogens is 3. The van der Waals surface area contributed by atoms with Crippen molar-refractivity contribution >= 4 is 23.1 Å². The van der Waals surface area contributed by atoms with E-state index >= 15 is 0 Å². The summed E-state index contributed by atoms with van der Waals surface area (Å²) >= 11 is 0. The van der Waals surface area contributed by atoms with E-state index in [-0.39, 0.29) is 5.95 Å². The lowest BCUT2D eigenvalue weighted by Gasteiger charge is -2.15. The van der Waals surface area contributed by atoms with Gasteiger partial charge in [0.05, 0.1) is 18.2 Å². The number of anilines is 4. The normalized spacial score (nSPS) is 11.0. The molecule has 2 N–H and O–H groups in total. The molecule has 3 rings (SSSR count). The topological polar surface area (TPSA) is 82.9 Å². The second-order valence-electron chi connectivity index (χ2n) is 7.33. The van der Waals surface area contributed by atoms with Crippen LogP contribution in [0.2, 0.25) is 0 Å². The Morgan fingerprint density at radius 2 is 1.79 bits per heavy atom. The predicted octanol–water partition coefficient (Wildman–Crippen LogP) is 6.81. The molecule has 0 saturated carbocycles. The summed E-state index contributed by atoms with van der Waals surface area (Å²) in [4.78, 5) is 7.83. The van der Waals surface area contributed by atoms with Crippen LogP contribution in [0, 0.1) is 11.3 Å². The zero-order valence-electron chi connectivity index (χ0n) is 18.1. The molecule has 0 amide bonds. The quantitative estimate of drug-likeness (QED) is 0.327. The maximum Gasteiger partial charge on any atom is 0.421 e. The van der Waals surface area contributed by atoms with E-state index < -0.39 is 17.6 Å². The van der Waals surface area contributed by atoms with Crippen LogP contribution >= 0.6 is 0 Å². The summed E-state index contributed by atoms with van der Waals surface area (Å²) in [6, 6.07) is 15.1. The highest BCUT2D eigenvalue weighted by Gasteiger charge is 2.35. The number of hydrogen-bond acceptors (Lipinski definition) is 6. The lowest BCUT2D eigenvalue weighted by molar-refractivity contribution is -0.137. The van der Waals surface area contributed by atoms with Gasteiger partial charge >= 0.3 is 6.18 Å². The summed E-state index contributed by atoms with van der Waals surface area (Å²) in [6.07, 6.45) is 0.526. The predicted molar refractivity (Wildman–Crippen MR) is 121 cm³/mol. The van der Waals surface area contributed by atoms with Crippen molar-refractivity contribution in [2.75, 3.05) is 17.2 Å². The van der Waals surface area contributed by atoms with Gasteiger partial charge in [0, 0.05) is 17.6 Å². The lowest BCUT2D eigenvalue weighted by Crippen LogP contribution is -2.12. The Morgan fingerprint density at radius 1 is 1.00 bits per heavy atom. The van der Waals surface area contributed by atoms with E-state index in [2.05, 4.69) is 27.5 Å². The summed E-state index contributed by atoms with van der Waals surface area (Å²) in [5.74, 6) is 0.294. The molecule has 33 heavy (non-hydrogen) atoms. The molecule has 0 bridgehead atoms. The first-order chi connectivity index (χ1) is 15.9. The van der Waals surface area contributed by atoms with Crippen molar-refractivity contribution in [3.8, 4) is 11.8 Å². The average molecular weight is 455 g/mol. The third-order valence-electron chi connectivity index (χ3n) is 4.73. The molecule has 0 unspecified atom stereocenters. The number of ether oxygens (including phenoxy) is 1. The van der Waals surface area contributed by atoms with Crippen LogP contribution in [-0.4, -0.2) is 16.6 Å². The molecule has 1 heterocycles. The fourth-order valence-electron chi connectivity index (χ4n) is 3.03. The van der Waals surface area contributed by atoms with Crippen LogP contribution in [0.3, 0.4) is 0 Å². The van der Waals surface area contributed by atoms with Gasteiger partial charge in [-0.05, 0) is 48.9 Å². The Labute approximate surface area is 190 Å². The smallest absolute Gasteiger partial charge is 0.421 e. The molecule has 172 valence electrons. The van der Waals surface area contributed by atoms with Crippen molar-refractivity contribution < 1.29 is 17.9 Å². The van der Waals surface area contributed by atoms with E-state index in [9.17, 15) is 13.2 Å². The molecule has 0 aliphatic carbocycles. The molecular formula is C24H24F3N5O. The van der Waals surface area contributed by atoms with Crippen molar-refractivity contribution in [2.24, 2.45) is 0 Å². The highest BCUT2D eigenvalue weighted by atomic mass is 19.4. The van der Waals surface area contributed by atoms with Gasteiger partial charge in [-0.25, -0.2) is 4.98 Å². The molecule has 0 saturated heterocycles. The van der Waals surface area contributed by atoms with Gasteiger partial charge in [0.2, 0.25) is 5.95 Å². The minimum Gasteiger partial charge on any atom is -0.494 e. The van der Waals surface area contributed by atoms with Crippen LogP contribution in [0.5, 0.6) is 5.75 Å². The van der Waals surface area contributed by atoms with Gasteiger partial charge in [-0.3, -0.25) is 0 Å². The molecule has 0 radical (unpaired) electrons. The minimum atomic E-state index is -4.65. The molecule has 0 atom stereocenters. The molecule has 0 spiro atoms. The largest absolute Gasteiger partial charge is 0.494 e. The Kier molecular flexibility index (Phi) is 8.08. The number of alkyl halides is 3. The zero-order valence-corrected chi connectivity index (χ0v) is 18.1. The van der Waals surface area contributed by atoms with Gasteiger partial charge in [-0.15, -0.1) is 0 Å². The second kappa shape index (κ2) is 11.2. The van der Waals surface area contributed by atoms with Crippen molar-refractivity contribution in [1.82, 2.24) is 9.97 Å². The van der Waals surface area contributed by atoms with Crippen LogP contribution in [0.4, 0.5) is 36.3 Å². The number of unbranched alkanes of at least 4 members (excludes halogenated alkanes) is 3. The summed E-state index contributed by atoms with van der Waals surface area (Å²) in [5.41, 5.74) is 0.214. The van der Waals surface area contributed by atoms with Crippen molar-refractivity contribution in [3.05, 3.63) is 65.9 Å². The van der Waals surface area contributed by atoms with Gasteiger partial charge < -0.3 is 15.4 Å². The van der Waals surface area contributed by atoms with Crippen molar-refractivity contribution in [3.63, 3.8) is 0 Å². The first-order valence-corrected chi connectivity index (χ1v) is 10.6. The minimum absolute atomic E-state index is 0.00447. The number of aromatic nitrogens is 2. The van der Waals surface area contributed by atoms with E-state index in [4.69, 9.17) is 10.00 Å². The number of nitriles is 1. The fraction of sp³-hybridized carbons (Fsp3) is 0.292. The average Bonchev–Trinajstić information content (AvgIpc) is 2.79. The highest BCUT2D eigenvalue weighted by molar-refractivity contribution is 5.64. The lowest BCUT2D eigenvalue weighted by atomic mass is 10.2. The summed E-state index contributed by atoms with van der Waals surface area (Å²) in [5, 5.41) is 14.6. The summed E-state index contributed by atoms with van der Waals surface area (Å²) in [6.45, 7) is 2.79. The monoisotopic (exact) mass is 455 g/mol. The molecule has 2 aromatic carbocycles. The second-order valence-corrected chi connectivity index (χ2v) is 7.33. The molecule has 9 heteroatoms. The third kappa shape index (κ3) is 7.10. The first-order valence-electron chi connectivity index (χ1n) is 10.6. The summed E-state index contributed by atoms with van der Waals surface area (Å²) in [7, 11) is 0. The number of hydrogen-bond donors (Lipinski definition) is 2. The van der Waals surface area contributed by atoms with Gasteiger partial charge in [-0.2, -0.15) is 23.4 Å². The van der Waals surface area contributed by atoms with E-state index in [1.54, 1.807) is 42.5 Å². The molecule has 3 aromatic rings. The maximum atomic E-state index is 13.5. The van der Waals surface area contributed by atoms with E-state index in [0.717, 1.165) is 25.5 Å². The van der Waals surface area contributed by atoms with Crippen LogP contribution in [0.25, 0.3) is 0 Å². The Hall–Kier alpha value is -3.80. The van der Waals surface area contributed by atoms with Gasteiger partial charge in [0.15, 0.2) is 0 Å². The third-order valence-corrected chi connectivity index (χ3v) is 4.73. The van der Waals surface area contributed by atoms with E-state index in [0.29, 0.717) is 29.3 Å². The molecule has 0 aliphatic heterocycles. The summed E-state index contributed by atoms with van der Waals surface area (Å²) < 4.78 is 46.1. The zero-order chi connectivity index (χ0) is 23.7. The number of nitrogens with one attached hydrogen (secondary N) is 2. The highest BCUT2D eigenvalue weighted by Crippen LogP contribution is 2.35. The molecule has 0 fully saturated rings. The molecule has 1 aromatic heterocycles. The van der Waals surface area contributed by atoms with Crippen LogP contribution in [0.15, 0.2) is 54.7 Å². The molecule has 0 aliphatic rings. The number of benzene rings is 2. The number of rotatable bonds is 10. The van der Waals surface area contributed by atoms with Crippen LogP contribution in [-0.2, 0) is 6.18 Å². The standard InChI is InChI=1S/C24H24F3N5O/c1-2-3-4-5-13-33-20-11-9-18(10-12-20)31-23-29-16-21(24(25,26)27)22(32-23)30-19-8-6-7-17(14-19)15-28/h6-12,14,16H,2-5,13H2,1H3,(H2,29,30,31,32). The van der Waals surface area contributed by atoms with Crippen molar-refractivity contribution in [2.45, 2.75) is 38.8 Å². The molecular weight excluding hydrogens is 431 g/mol. The Morgan fingerprint density at radius 3 is 2.48 bits per heavy atom. The first kappa shape index (κ1) is 23.9. The Bertz CT molecular complexity index is 1090. The fourth-order valence-corrected chi connectivity index (χ4v) is 3.03.